The third kappa shape index (κ3) is 4.21. The number of aromatic nitrogens is 2. The third-order valence-electron chi connectivity index (χ3n) is 3.31. The molecule has 0 fully saturated rings. The highest BCUT2D eigenvalue weighted by atomic mass is 32.2. The minimum Gasteiger partial charge on any atom is -0.411 e. The van der Waals surface area contributed by atoms with Gasteiger partial charge in [0.1, 0.15) is 0 Å². The van der Waals surface area contributed by atoms with Crippen LogP contribution in [0.25, 0.3) is 11.5 Å². The number of nitrogens with one attached hydrogen (secondary N) is 1. The van der Waals surface area contributed by atoms with E-state index in [0.717, 1.165) is 35.0 Å². The van der Waals surface area contributed by atoms with Gasteiger partial charge in [0.2, 0.25) is 11.8 Å². The van der Waals surface area contributed by atoms with Crippen molar-refractivity contribution in [3.05, 3.63) is 59.7 Å². The van der Waals surface area contributed by atoms with Crippen LogP contribution >= 0.6 is 11.8 Å². The summed E-state index contributed by atoms with van der Waals surface area (Å²) in [6, 6.07) is 10.7. The molecule has 0 radical (unpaired) electrons. The predicted octanol–water partition coefficient (Wildman–Crippen LogP) is 4.05. The van der Waals surface area contributed by atoms with Crippen LogP contribution in [-0.2, 0) is 4.79 Å². The lowest BCUT2D eigenvalue weighted by molar-refractivity contribution is -0.113. The van der Waals surface area contributed by atoms with Crippen LogP contribution in [0.1, 0.15) is 5.56 Å². The first-order chi connectivity index (χ1) is 12.0. The normalized spacial score (nSPS) is 10.7. The van der Waals surface area contributed by atoms with E-state index < -0.39 is 17.5 Å². The summed E-state index contributed by atoms with van der Waals surface area (Å²) < 4.78 is 31.5. The minimum atomic E-state index is -1.02. The van der Waals surface area contributed by atoms with Gasteiger partial charge in [-0.1, -0.05) is 30.0 Å². The van der Waals surface area contributed by atoms with E-state index in [4.69, 9.17) is 4.42 Å². The quantitative estimate of drug-likeness (QED) is 0.694. The smallest absolute Gasteiger partial charge is 0.277 e. The van der Waals surface area contributed by atoms with Crippen molar-refractivity contribution in [1.82, 2.24) is 10.2 Å². The first-order valence-corrected chi connectivity index (χ1v) is 8.28. The van der Waals surface area contributed by atoms with Crippen molar-refractivity contribution in [1.29, 1.82) is 0 Å². The zero-order chi connectivity index (χ0) is 17.8. The fourth-order valence-corrected chi connectivity index (χ4v) is 2.65. The predicted molar refractivity (Wildman–Crippen MR) is 90.2 cm³/mol. The molecule has 0 aliphatic carbocycles. The minimum absolute atomic E-state index is 0.00555. The summed E-state index contributed by atoms with van der Waals surface area (Å²) in [6.45, 7) is 1.93. The second-order valence-electron chi connectivity index (χ2n) is 5.15. The van der Waals surface area contributed by atoms with E-state index >= 15 is 0 Å². The molecule has 0 unspecified atom stereocenters. The van der Waals surface area contributed by atoms with E-state index in [1.165, 1.54) is 6.07 Å². The Hall–Kier alpha value is -2.74. The Morgan fingerprint density at radius 1 is 1.16 bits per heavy atom. The highest BCUT2D eigenvalue weighted by Crippen LogP contribution is 2.25. The van der Waals surface area contributed by atoms with Gasteiger partial charge in [-0.3, -0.25) is 4.79 Å². The SMILES string of the molecule is Cc1ccccc1-c1nnc(SCC(=O)Nc2ccc(F)c(F)c2)o1. The fourth-order valence-electron chi connectivity index (χ4n) is 2.09. The molecule has 0 aliphatic rings. The van der Waals surface area contributed by atoms with Crippen molar-refractivity contribution in [3.63, 3.8) is 0 Å². The molecule has 5 nitrogen and oxygen atoms in total. The molecule has 0 saturated carbocycles. The Morgan fingerprint density at radius 3 is 2.72 bits per heavy atom. The monoisotopic (exact) mass is 361 g/mol. The van der Waals surface area contributed by atoms with Crippen molar-refractivity contribution >= 4 is 23.4 Å². The Balaban J connectivity index is 1.59. The molecule has 1 aromatic heterocycles. The van der Waals surface area contributed by atoms with Crippen LogP contribution < -0.4 is 5.32 Å². The largest absolute Gasteiger partial charge is 0.411 e. The number of hydrogen-bond acceptors (Lipinski definition) is 5. The summed E-state index contributed by atoms with van der Waals surface area (Å²) in [5, 5.41) is 10.6. The summed E-state index contributed by atoms with van der Waals surface area (Å²) in [5.41, 5.74) is 2.00. The van der Waals surface area contributed by atoms with Gasteiger partial charge in [-0.05, 0) is 30.7 Å². The number of benzene rings is 2. The zero-order valence-electron chi connectivity index (χ0n) is 13.1. The third-order valence-corrected chi connectivity index (χ3v) is 4.13. The number of nitrogens with zero attached hydrogens (tertiary/aromatic N) is 2. The summed E-state index contributed by atoms with van der Waals surface area (Å²) in [5.74, 6) is -2.02. The topological polar surface area (TPSA) is 68.0 Å². The number of aryl methyl sites for hydroxylation is 1. The standard InChI is InChI=1S/C17H13F2N3O2S/c1-10-4-2-3-5-12(10)16-21-22-17(24-16)25-9-15(23)20-11-6-7-13(18)14(19)8-11/h2-8H,9H2,1H3,(H,20,23). The number of hydrogen-bond donors (Lipinski definition) is 1. The number of carbonyl (C=O) groups excluding carboxylic acids is 1. The number of carbonyl (C=O) groups is 1. The highest BCUT2D eigenvalue weighted by Gasteiger charge is 2.13. The second-order valence-corrected chi connectivity index (χ2v) is 6.08. The van der Waals surface area contributed by atoms with Crippen molar-refractivity contribution in [2.24, 2.45) is 0 Å². The van der Waals surface area contributed by atoms with Crippen LogP contribution in [0.4, 0.5) is 14.5 Å². The molecule has 25 heavy (non-hydrogen) atoms. The average molecular weight is 361 g/mol. The lowest BCUT2D eigenvalue weighted by Gasteiger charge is -2.04. The molecule has 0 spiro atoms. The zero-order valence-corrected chi connectivity index (χ0v) is 13.9. The van der Waals surface area contributed by atoms with E-state index in [2.05, 4.69) is 15.5 Å². The van der Waals surface area contributed by atoms with Crippen molar-refractivity contribution in [2.75, 3.05) is 11.1 Å². The Morgan fingerprint density at radius 2 is 1.96 bits per heavy atom. The molecule has 3 rings (SSSR count). The number of rotatable bonds is 5. The summed E-state index contributed by atoms with van der Waals surface area (Å²) >= 11 is 1.06. The molecule has 8 heteroatoms. The first kappa shape index (κ1) is 17.1. The molecule has 2 aromatic carbocycles. The first-order valence-electron chi connectivity index (χ1n) is 7.30. The second kappa shape index (κ2) is 7.43. The van der Waals surface area contributed by atoms with E-state index in [1.807, 2.05) is 31.2 Å². The maximum Gasteiger partial charge on any atom is 0.277 e. The molecule has 0 bridgehead atoms. The lowest BCUT2D eigenvalue weighted by atomic mass is 10.1. The molecular weight excluding hydrogens is 348 g/mol. The van der Waals surface area contributed by atoms with Gasteiger partial charge in [0, 0.05) is 17.3 Å². The molecule has 128 valence electrons. The van der Waals surface area contributed by atoms with Gasteiger partial charge in [-0.2, -0.15) is 0 Å². The van der Waals surface area contributed by atoms with Crippen LogP contribution in [0.5, 0.6) is 0 Å². The lowest BCUT2D eigenvalue weighted by Crippen LogP contribution is -2.14. The van der Waals surface area contributed by atoms with Gasteiger partial charge < -0.3 is 9.73 Å². The molecule has 1 heterocycles. The average Bonchev–Trinajstić information content (AvgIpc) is 3.05. The van der Waals surface area contributed by atoms with Crippen LogP contribution in [0.2, 0.25) is 0 Å². The molecular formula is C17H13F2N3O2S. The Labute approximate surface area is 146 Å². The molecule has 1 amide bonds. The van der Waals surface area contributed by atoms with Crippen molar-refractivity contribution in [3.8, 4) is 11.5 Å². The van der Waals surface area contributed by atoms with E-state index in [1.54, 1.807) is 0 Å². The van der Waals surface area contributed by atoms with Gasteiger partial charge in [-0.15, -0.1) is 10.2 Å². The summed E-state index contributed by atoms with van der Waals surface area (Å²) in [4.78, 5) is 11.9. The molecule has 1 N–H and O–H groups in total. The number of thioether (sulfide) groups is 1. The number of halogens is 2. The van der Waals surface area contributed by atoms with Crippen LogP contribution in [0, 0.1) is 18.6 Å². The maximum absolute atomic E-state index is 13.1. The molecule has 0 aliphatic heterocycles. The maximum atomic E-state index is 13.1. The van der Waals surface area contributed by atoms with Crippen LogP contribution in [0.3, 0.4) is 0 Å². The van der Waals surface area contributed by atoms with E-state index in [0.29, 0.717) is 5.89 Å². The number of anilines is 1. The van der Waals surface area contributed by atoms with Gasteiger partial charge >= 0.3 is 0 Å². The van der Waals surface area contributed by atoms with Crippen molar-refractivity contribution < 1.29 is 18.0 Å². The van der Waals surface area contributed by atoms with Gasteiger partial charge in [-0.25, -0.2) is 8.78 Å². The van der Waals surface area contributed by atoms with Gasteiger partial charge in [0.05, 0.1) is 5.75 Å². The van der Waals surface area contributed by atoms with Crippen molar-refractivity contribution in [2.45, 2.75) is 12.1 Å². The summed E-state index contributed by atoms with van der Waals surface area (Å²) in [6.07, 6.45) is 0. The molecule has 3 aromatic rings. The van der Waals surface area contributed by atoms with Gasteiger partial charge in [0.15, 0.2) is 11.6 Å². The van der Waals surface area contributed by atoms with Crippen LogP contribution in [-0.4, -0.2) is 21.9 Å². The summed E-state index contributed by atoms with van der Waals surface area (Å²) in [7, 11) is 0. The Kier molecular flexibility index (Phi) is 5.08. The van der Waals surface area contributed by atoms with Crippen LogP contribution in [0.15, 0.2) is 52.1 Å². The Bertz CT molecular complexity index is 914. The van der Waals surface area contributed by atoms with Gasteiger partial charge in [0.25, 0.3) is 5.22 Å². The molecule has 0 atom stereocenters. The fraction of sp³-hybridized carbons (Fsp3) is 0.118. The van der Waals surface area contributed by atoms with E-state index in [9.17, 15) is 13.6 Å². The number of amides is 1. The molecule has 0 saturated heterocycles. The van der Waals surface area contributed by atoms with E-state index in [-0.39, 0.29) is 16.7 Å². The highest BCUT2D eigenvalue weighted by molar-refractivity contribution is 7.99.